The minimum Gasteiger partial charge on any atom is -0.483 e. The van der Waals surface area contributed by atoms with Crippen molar-refractivity contribution in [3.8, 4) is 5.75 Å². The molecule has 0 radical (unpaired) electrons. The molecule has 114 valence electrons. The molecule has 0 aliphatic heterocycles. The predicted molar refractivity (Wildman–Crippen MR) is 75.0 cm³/mol. The second-order valence-electron chi connectivity index (χ2n) is 5.18. The Morgan fingerprint density at radius 3 is 2.76 bits per heavy atom. The highest BCUT2D eigenvalue weighted by Gasteiger charge is 2.29. The van der Waals surface area contributed by atoms with E-state index in [1.165, 1.54) is 25.1 Å². The van der Waals surface area contributed by atoms with Crippen molar-refractivity contribution in [1.82, 2.24) is 4.90 Å². The van der Waals surface area contributed by atoms with Crippen molar-refractivity contribution in [3.05, 3.63) is 33.9 Å². The third-order valence-electron chi connectivity index (χ3n) is 3.49. The minimum atomic E-state index is -0.920. The summed E-state index contributed by atoms with van der Waals surface area (Å²) in [5.41, 5.74) is 0.172. The van der Waals surface area contributed by atoms with E-state index in [0.717, 1.165) is 12.8 Å². The van der Waals surface area contributed by atoms with Crippen LogP contribution in [0.5, 0.6) is 5.75 Å². The fourth-order valence-corrected chi connectivity index (χ4v) is 2.01. The number of nitro groups is 1. The van der Waals surface area contributed by atoms with Gasteiger partial charge in [0.2, 0.25) is 0 Å². The lowest BCUT2D eigenvalue weighted by atomic mass is 10.1. The molecule has 7 nitrogen and oxygen atoms in total. The number of non-ortho nitro benzene ring substituents is 1. The first-order valence-corrected chi connectivity index (χ1v) is 6.75. The Labute approximate surface area is 122 Å². The van der Waals surface area contributed by atoms with Crippen LogP contribution in [0.1, 0.15) is 31.4 Å². The molecule has 1 aliphatic rings. The number of carbonyl (C=O) groups is 1. The summed E-state index contributed by atoms with van der Waals surface area (Å²) in [7, 11) is 1.73. The van der Waals surface area contributed by atoms with E-state index in [9.17, 15) is 20.0 Å². The molecule has 1 fully saturated rings. The van der Waals surface area contributed by atoms with Gasteiger partial charge >= 0.3 is 0 Å². The van der Waals surface area contributed by atoms with Crippen LogP contribution >= 0.6 is 0 Å². The zero-order valence-corrected chi connectivity index (χ0v) is 12.0. The average molecular weight is 294 g/mol. The van der Waals surface area contributed by atoms with Gasteiger partial charge in [-0.3, -0.25) is 14.9 Å². The van der Waals surface area contributed by atoms with Crippen LogP contribution in [0.4, 0.5) is 5.69 Å². The molecule has 1 aliphatic carbocycles. The smallest absolute Gasteiger partial charge is 0.270 e. The fourth-order valence-electron chi connectivity index (χ4n) is 2.01. The van der Waals surface area contributed by atoms with Crippen LogP contribution in [0.3, 0.4) is 0 Å². The Morgan fingerprint density at radius 1 is 1.57 bits per heavy atom. The lowest BCUT2D eigenvalue weighted by molar-refractivity contribution is -0.385. The third-order valence-corrected chi connectivity index (χ3v) is 3.49. The van der Waals surface area contributed by atoms with Crippen LogP contribution in [0.2, 0.25) is 0 Å². The molecule has 21 heavy (non-hydrogen) atoms. The van der Waals surface area contributed by atoms with E-state index in [1.807, 2.05) is 0 Å². The Hall–Kier alpha value is -2.15. The summed E-state index contributed by atoms with van der Waals surface area (Å²) in [5, 5.41) is 20.4. The van der Waals surface area contributed by atoms with Crippen molar-refractivity contribution in [1.29, 1.82) is 0 Å². The lowest BCUT2D eigenvalue weighted by Crippen LogP contribution is -2.33. The summed E-state index contributed by atoms with van der Waals surface area (Å²) < 4.78 is 5.42. The van der Waals surface area contributed by atoms with Gasteiger partial charge in [0.25, 0.3) is 11.6 Å². The number of carbonyl (C=O) groups excluding carboxylic acids is 1. The van der Waals surface area contributed by atoms with Crippen molar-refractivity contribution >= 4 is 11.6 Å². The molecule has 1 atom stereocenters. The van der Waals surface area contributed by atoms with Crippen molar-refractivity contribution in [2.75, 3.05) is 13.7 Å². The summed E-state index contributed by atoms with van der Waals surface area (Å²) in [4.78, 5) is 23.7. The number of aliphatic hydroxyl groups is 1. The number of aliphatic hydroxyl groups excluding tert-OH is 1. The van der Waals surface area contributed by atoms with E-state index in [0.29, 0.717) is 11.6 Å². The van der Waals surface area contributed by atoms with E-state index in [-0.39, 0.29) is 24.0 Å². The standard InChI is InChI=1S/C14H18N2O5/c1-9(17)12-7-11(16(19)20)5-6-13(12)21-8-14(18)15(2)10-3-4-10/h5-7,9-10,17H,3-4,8H2,1-2H3/t9-/m1/s1. The zero-order chi connectivity index (χ0) is 15.6. The van der Waals surface area contributed by atoms with Crippen molar-refractivity contribution in [3.63, 3.8) is 0 Å². The van der Waals surface area contributed by atoms with Gasteiger partial charge in [0.05, 0.1) is 11.0 Å². The molecule has 0 bridgehead atoms. The highest BCUT2D eigenvalue weighted by atomic mass is 16.6. The van der Waals surface area contributed by atoms with Crippen LogP contribution in [0.15, 0.2) is 18.2 Å². The fraction of sp³-hybridized carbons (Fsp3) is 0.500. The highest BCUT2D eigenvalue weighted by molar-refractivity contribution is 5.78. The zero-order valence-electron chi connectivity index (χ0n) is 12.0. The topological polar surface area (TPSA) is 92.9 Å². The second-order valence-corrected chi connectivity index (χ2v) is 5.18. The van der Waals surface area contributed by atoms with E-state index >= 15 is 0 Å². The van der Waals surface area contributed by atoms with Gasteiger partial charge in [0.15, 0.2) is 6.61 Å². The molecule has 0 unspecified atom stereocenters. The summed E-state index contributed by atoms with van der Waals surface area (Å²) in [6.07, 6.45) is 1.10. The minimum absolute atomic E-state index is 0.125. The number of likely N-dealkylation sites (N-methyl/N-ethyl adjacent to an activating group) is 1. The Kier molecular flexibility index (Phi) is 4.42. The maximum atomic E-state index is 11.9. The molecule has 1 saturated carbocycles. The van der Waals surface area contributed by atoms with Crippen LogP contribution in [-0.2, 0) is 4.79 Å². The third kappa shape index (κ3) is 3.69. The van der Waals surface area contributed by atoms with Gasteiger partial charge < -0.3 is 14.7 Å². The van der Waals surface area contributed by atoms with Gasteiger partial charge in [0.1, 0.15) is 5.75 Å². The monoisotopic (exact) mass is 294 g/mol. The molecule has 7 heteroatoms. The molecule has 0 saturated heterocycles. The summed E-state index contributed by atoms with van der Waals surface area (Å²) in [6.45, 7) is 1.34. The average Bonchev–Trinajstić information content (AvgIpc) is 3.27. The van der Waals surface area contributed by atoms with Gasteiger partial charge in [-0.05, 0) is 25.8 Å². The molecule has 1 aromatic rings. The number of rotatable bonds is 6. The molecular weight excluding hydrogens is 276 g/mol. The van der Waals surface area contributed by atoms with Crippen LogP contribution in [0.25, 0.3) is 0 Å². The molecule has 0 spiro atoms. The van der Waals surface area contributed by atoms with Crippen molar-refractivity contribution in [2.45, 2.75) is 31.9 Å². The molecule has 0 aromatic heterocycles. The molecular formula is C14H18N2O5. The van der Waals surface area contributed by atoms with E-state index < -0.39 is 11.0 Å². The summed E-state index contributed by atoms with van der Waals surface area (Å²) in [5.74, 6) is 0.139. The number of ether oxygens (including phenoxy) is 1. The quantitative estimate of drug-likeness (QED) is 0.636. The van der Waals surface area contributed by atoms with Crippen molar-refractivity contribution < 1.29 is 19.6 Å². The first-order chi connectivity index (χ1) is 9.90. The Bertz CT molecular complexity index is 554. The second kappa shape index (κ2) is 6.09. The maximum Gasteiger partial charge on any atom is 0.270 e. The normalized spacial score (nSPS) is 15.4. The van der Waals surface area contributed by atoms with Gasteiger partial charge in [-0.15, -0.1) is 0 Å². The number of hydrogen-bond acceptors (Lipinski definition) is 5. The summed E-state index contributed by atoms with van der Waals surface area (Å²) >= 11 is 0. The van der Waals surface area contributed by atoms with Crippen LogP contribution in [0, 0.1) is 10.1 Å². The van der Waals surface area contributed by atoms with Gasteiger partial charge in [-0.1, -0.05) is 0 Å². The number of nitro benzene ring substituents is 1. The molecule has 2 rings (SSSR count). The molecule has 1 amide bonds. The Morgan fingerprint density at radius 2 is 2.24 bits per heavy atom. The number of amides is 1. The predicted octanol–water partition coefficient (Wildman–Crippen LogP) is 1.65. The van der Waals surface area contributed by atoms with Gasteiger partial charge in [-0.2, -0.15) is 0 Å². The van der Waals surface area contributed by atoms with E-state index in [1.54, 1.807) is 11.9 Å². The first kappa shape index (κ1) is 15.2. The number of benzene rings is 1. The maximum absolute atomic E-state index is 11.9. The SMILES string of the molecule is C[C@@H](O)c1cc([N+](=O)[O-])ccc1OCC(=O)N(C)C1CC1. The number of nitrogens with zero attached hydrogens (tertiary/aromatic N) is 2. The van der Waals surface area contributed by atoms with Gasteiger partial charge in [-0.25, -0.2) is 0 Å². The highest BCUT2D eigenvalue weighted by Crippen LogP contribution is 2.30. The number of hydrogen-bond donors (Lipinski definition) is 1. The van der Waals surface area contributed by atoms with Crippen molar-refractivity contribution in [2.24, 2.45) is 0 Å². The van der Waals surface area contributed by atoms with E-state index in [4.69, 9.17) is 4.74 Å². The molecule has 0 heterocycles. The van der Waals surface area contributed by atoms with Gasteiger partial charge in [0, 0.05) is 30.8 Å². The van der Waals surface area contributed by atoms with Crippen LogP contribution < -0.4 is 4.74 Å². The molecule has 1 aromatic carbocycles. The lowest BCUT2D eigenvalue weighted by Gasteiger charge is -2.18. The first-order valence-electron chi connectivity index (χ1n) is 6.75. The largest absolute Gasteiger partial charge is 0.483 e. The van der Waals surface area contributed by atoms with E-state index in [2.05, 4.69) is 0 Å². The summed E-state index contributed by atoms with van der Waals surface area (Å²) in [6, 6.07) is 4.25. The molecule has 1 N–H and O–H groups in total. The Balaban J connectivity index is 2.08. The van der Waals surface area contributed by atoms with Crippen LogP contribution in [-0.4, -0.2) is 40.5 Å².